The van der Waals surface area contributed by atoms with E-state index in [1.54, 1.807) is 31.4 Å². The second-order valence-corrected chi connectivity index (χ2v) is 9.37. The number of carbonyl (C=O) groups excluding carboxylic acids is 2. The maximum atomic E-state index is 13.7. The van der Waals surface area contributed by atoms with Gasteiger partial charge in [0.2, 0.25) is 5.91 Å². The van der Waals surface area contributed by atoms with Crippen molar-refractivity contribution in [3.8, 4) is 11.5 Å². The predicted octanol–water partition coefficient (Wildman–Crippen LogP) is 5.43. The molecule has 38 heavy (non-hydrogen) atoms. The van der Waals surface area contributed by atoms with Crippen LogP contribution in [0.1, 0.15) is 37.4 Å². The summed E-state index contributed by atoms with van der Waals surface area (Å²) in [6.45, 7) is 4.81. The monoisotopic (exact) mass is 538 g/mol. The Kier molecular flexibility index (Phi) is 11.5. The summed E-state index contributed by atoms with van der Waals surface area (Å²) in [6.07, 6.45) is 0.784. The second kappa shape index (κ2) is 15.0. The second-order valence-electron chi connectivity index (χ2n) is 8.97. The van der Waals surface area contributed by atoms with Gasteiger partial charge in [0, 0.05) is 19.7 Å². The minimum Gasteiger partial charge on any atom is -0.497 e. The lowest BCUT2D eigenvalue weighted by molar-refractivity contribution is -0.143. The highest BCUT2D eigenvalue weighted by molar-refractivity contribution is 6.32. The van der Waals surface area contributed by atoms with Crippen LogP contribution >= 0.6 is 11.6 Å². The summed E-state index contributed by atoms with van der Waals surface area (Å²) < 4.78 is 16.6. The van der Waals surface area contributed by atoms with Crippen LogP contribution in [0.25, 0.3) is 0 Å². The van der Waals surface area contributed by atoms with Crippen molar-refractivity contribution in [1.29, 1.82) is 0 Å². The van der Waals surface area contributed by atoms with E-state index in [-0.39, 0.29) is 31.1 Å². The van der Waals surface area contributed by atoms with Gasteiger partial charge in [0.1, 0.15) is 17.5 Å². The zero-order valence-electron chi connectivity index (χ0n) is 22.1. The number of rotatable bonds is 14. The van der Waals surface area contributed by atoms with E-state index < -0.39 is 6.04 Å². The van der Waals surface area contributed by atoms with E-state index >= 15 is 0 Å². The van der Waals surface area contributed by atoms with E-state index in [2.05, 4.69) is 5.32 Å². The van der Waals surface area contributed by atoms with Gasteiger partial charge in [-0.05, 0) is 55.7 Å². The fraction of sp³-hybridized carbons (Fsp3) is 0.333. The van der Waals surface area contributed by atoms with E-state index in [0.717, 1.165) is 5.56 Å². The molecule has 2 amide bonds. The van der Waals surface area contributed by atoms with Crippen molar-refractivity contribution >= 4 is 23.4 Å². The summed E-state index contributed by atoms with van der Waals surface area (Å²) in [6, 6.07) is 22.7. The normalized spacial score (nSPS) is 11.6. The largest absolute Gasteiger partial charge is 0.497 e. The summed E-state index contributed by atoms with van der Waals surface area (Å²) in [5.74, 6) is 0.473. The zero-order chi connectivity index (χ0) is 27.3. The topological polar surface area (TPSA) is 77.1 Å². The first kappa shape index (κ1) is 29.0. The van der Waals surface area contributed by atoms with Crippen LogP contribution in [0.5, 0.6) is 11.5 Å². The third-order valence-electron chi connectivity index (χ3n) is 5.77. The lowest BCUT2D eigenvalue weighted by Gasteiger charge is -2.31. The van der Waals surface area contributed by atoms with Gasteiger partial charge in [0.25, 0.3) is 5.91 Å². The van der Waals surface area contributed by atoms with Gasteiger partial charge in [-0.25, -0.2) is 0 Å². The van der Waals surface area contributed by atoms with Gasteiger partial charge in [-0.15, -0.1) is 0 Å². The lowest BCUT2D eigenvalue weighted by atomic mass is 10.0. The molecule has 1 N–H and O–H groups in total. The van der Waals surface area contributed by atoms with E-state index in [9.17, 15) is 9.59 Å². The highest BCUT2D eigenvalue weighted by Gasteiger charge is 2.31. The quantitative estimate of drug-likeness (QED) is 0.277. The smallest absolute Gasteiger partial charge is 0.261 e. The number of hydrogen-bond donors (Lipinski definition) is 1. The van der Waals surface area contributed by atoms with Crippen molar-refractivity contribution < 1.29 is 23.8 Å². The fourth-order valence-corrected chi connectivity index (χ4v) is 4.03. The first-order valence-electron chi connectivity index (χ1n) is 12.6. The summed E-state index contributed by atoms with van der Waals surface area (Å²) >= 11 is 6.22. The maximum Gasteiger partial charge on any atom is 0.261 e. The molecule has 0 aliphatic carbocycles. The third-order valence-corrected chi connectivity index (χ3v) is 6.08. The minimum absolute atomic E-state index is 0.124. The Morgan fingerprint density at radius 2 is 1.63 bits per heavy atom. The molecule has 202 valence electrons. The molecule has 0 saturated heterocycles. The van der Waals surface area contributed by atoms with Crippen molar-refractivity contribution in [3.63, 3.8) is 0 Å². The Hall–Kier alpha value is -3.55. The molecule has 3 rings (SSSR count). The molecular weight excluding hydrogens is 504 g/mol. The number of para-hydroxylation sites is 1. The Balaban J connectivity index is 1.86. The number of halogens is 1. The molecule has 1 atom stereocenters. The minimum atomic E-state index is -0.869. The highest BCUT2D eigenvalue weighted by atomic mass is 35.5. The Morgan fingerprint density at radius 1 is 0.947 bits per heavy atom. The van der Waals surface area contributed by atoms with Crippen LogP contribution in [0, 0.1) is 0 Å². The van der Waals surface area contributed by atoms with Gasteiger partial charge in [0.05, 0.1) is 18.2 Å². The summed E-state index contributed by atoms with van der Waals surface area (Å²) in [5, 5.41) is 3.39. The number of hydrogen-bond acceptors (Lipinski definition) is 5. The van der Waals surface area contributed by atoms with Crippen LogP contribution in [-0.4, -0.2) is 49.7 Å². The van der Waals surface area contributed by atoms with Crippen molar-refractivity contribution in [1.82, 2.24) is 10.2 Å². The first-order chi connectivity index (χ1) is 18.4. The molecule has 0 saturated carbocycles. The zero-order valence-corrected chi connectivity index (χ0v) is 22.8. The number of amides is 2. The molecule has 0 aromatic heterocycles. The molecule has 7 nitrogen and oxygen atoms in total. The average molecular weight is 539 g/mol. The Morgan fingerprint density at radius 3 is 2.29 bits per heavy atom. The van der Waals surface area contributed by atoms with Gasteiger partial charge in [-0.2, -0.15) is 0 Å². The molecule has 3 aromatic carbocycles. The molecule has 0 aliphatic heterocycles. The number of nitrogens with zero attached hydrogens (tertiary/aromatic N) is 1. The number of carbonyl (C=O) groups is 2. The molecule has 3 aromatic rings. The first-order valence-corrected chi connectivity index (χ1v) is 13.0. The molecule has 0 bridgehead atoms. The lowest BCUT2D eigenvalue weighted by Crippen LogP contribution is -2.45. The molecular formula is C30H35ClN2O5. The SMILES string of the molecule is COc1ccc(CN(C(=O)COc2ccccc2Cl)C(C(=O)NCCCOC(C)C)c2ccccc2)cc1. The van der Waals surface area contributed by atoms with Crippen LogP contribution in [0.3, 0.4) is 0 Å². The van der Waals surface area contributed by atoms with Crippen molar-refractivity contribution in [2.75, 3.05) is 26.9 Å². The summed E-state index contributed by atoms with van der Waals surface area (Å²) in [5.41, 5.74) is 1.54. The van der Waals surface area contributed by atoms with Gasteiger partial charge in [0.15, 0.2) is 6.61 Å². The van der Waals surface area contributed by atoms with Crippen LogP contribution < -0.4 is 14.8 Å². The maximum absolute atomic E-state index is 13.7. The molecule has 8 heteroatoms. The van der Waals surface area contributed by atoms with E-state index in [0.29, 0.717) is 41.7 Å². The van der Waals surface area contributed by atoms with E-state index in [1.807, 2.05) is 68.4 Å². The molecule has 1 unspecified atom stereocenters. The van der Waals surface area contributed by atoms with Gasteiger partial charge >= 0.3 is 0 Å². The van der Waals surface area contributed by atoms with Crippen LogP contribution in [0.2, 0.25) is 5.02 Å². The Labute approximate surface area is 229 Å². The predicted molar refractivity (Wildman–Crippen MR) is 148 cm³/mol. The summed E-state index contributed by atoms with van der Waals surface area (Å²) in [4.78, 5) is 28.8. The van der Waals surface area contributed by atoms with Gasteiger partial charge < -0.3 is 24.4 Å². The fourth-order valence-electron chi connectivity index (χ4n) is 3.84. The van der Waals surface area contributed by atoms with E-state index in [4.69, 9.17) is 25.8 Å². The number of ether oxygens (including phenoxy) is 3. The number of nitrogens with one attached hydrogen (secondary N) is 1. The molecule has 0 aliphatic rings. The van der Waals surface area contributed by atoms with Gasteiger partial charge in [-0.1, -0.05) is 66.2 Å². The van der Waals surface area contributed by atoms with Crippen molar-refractivity contribution in [2.24, 2.45) is 0 Å². The van der Waals surface area contributed by atoms with Gasteiger partial charge in [-0.3, -0.25) is 9.59 Å². The summed E-state index contributed by atoms with van der Waals surface area (Å²) in [7, 11) is 1.60. The standard InChI is InChI=1S/C30H35ClN2O5/c1-22(2)37-19-9-18-32-30(35)29(24-10-5-4-6-11-24)33(20-23-14-16-25(36-3)17-15-23)28(34)21-38-27-13-8-7-12-26(27)31/h4-8,10-17,22,29H,9,18-21H2,1-3H3,(H,32,35). The number of benzene rings is 3. The molecule has 0 fully saturated rings. The van der Waals surface area contributed by atoms with Crippen LogP contribution in [0.4, 0.5) is 0 Å². The van der Waals surface area contributed by atoms with Crippen molar-refractivity contribution in [2.45, 2.75) is 39.0 Å². The third kappa shape index (κ3) is 8.78. The average Bonchev–Trinajstić information content (AvgIpc) is 2.92. The molecule has 0 radical (unpaired) electrons. The van der Waals surface area contributed by atoms with Crippen LogP contribution in [-0.2, 0) is 20.9 Å². The molecule has 0 spiro atoms. The number of methoxy groups -OCH3 is 1. The Bertz CT molecular complexity index is 1150. The van der Waals surface area contributed by atoms with E-state index in [1.165, 1.54) is 4.90 Å². The molecule has 0 heterocycles. The van der Waals surface area contributed by atoms with Crippen LogP contribution in [0.15, 0.2) is 78.9 Å². The van der Waals surface area contributed by atoms with Crippen molar-refractivity contribution in [3.05, 3.63) is 95.0 Å². The highest BCUT2D eigenvalue weighted by Crippen LogP contribution is 2.27.